The van der Waals surface area contributed by atoms with Crippen molar-refractivity contribution in [3.63, 3.8) is 0 Å². The average Bonchev–Trinajstić information content (AvgIpc) is 0.812. The lowest BCUT2D eigenvalue weighted by Gasteiger charge is -2.24. The van der Waals surface area contributed by atoms with E-state index in [0.29, 0.717) is 95.9 Å². The maximum atomic E-state index is 13.7. The van der Waals surface area contributed by atoms with E-state index < -0.39 is 23.8 Å². The zero-order valence-electron chi connectivity index (χ0n) is 52.0. The molecule has 94 heavy (non-hydrogen) atoms. The number of hydrogen-bond donors (Lipinski definition) is 3. The van der Waals surface area contributed by atoms with Gasteiger partial charge in [-0.1, -0.05) is 48.5 Å². The van der Waals surface area contributed by atoms with E-state index in [-0.39, 0.29) is 45.5 Å². The molecule has 2 atom stereocenters. The minimum Gasteiger partial charge on any atom is -0.497 e. The smallest absolute Gasteiger partial charge is 0.408 e. The minimum atomic E-state index is -4.71. The highest BCUT2D eigenvalue weighted by atomic mass is 35.5. The fourth-order valence-electron chi connectivity index (χ4n) is 9.27. The second-order valence-corrected chi connectivity index (χ2v) is 21.2. The van der Waals surface area contributed by atoms with Crippen molar-refractivity contribution < 1.29 is 54.8 Å². The normalized spacial score (nSPS) is 11.9. The van der Waals surface area contributed by atoms with Crippen molar-refractivity contribution in [3.8, 4) is 57.5 Å². The summed E-state index contributed by atoms with van der Waals surface area (Å²) in [6, 6.07) is 37.3. The highest BCUT2D eigenvalue weighted by molar-refractivity contribution is 6.21. The Morgan fingerprint density at radius 3 is 1.06 bits per heavy atom. The van der Waals surface area contributed by atoms with Gasteiger partial charge >= 0.3 is 12.4 Å². The Morgan fingerprint density at radius 1 is 0.426 bits per heavy atom. The number of nitrogens with one attached hydrogen (secondary N) is 2. The summed E-state index contributed by atoms with van der Waals surface area (Å²) in [5.74, 6) is 5.54. The first-order chi connectivity index (χ1) is 45.1. The van der Waals surface area contributed by atoms with Gasteiger partial charge < -0.3 is 54.6 Å². The lowest BCUT2D eigenvalue weighted by Crippen LogP contribution is -2.28. The van der Waals surface area contributed by atoms with Gasteiger partial charge in [-0.15, -0.1) is 11.6 Å². The molecule has 0 saturated carbocycles. The fourth-order valence-corrected chi connectivity index (χ4v) is 9.39. The summed E-state index contributed by atoms with van der Waals surface area (Å²) < 4.78 is 114. The van der Waals surface area contributed by atoms with E-state index in [0.717, 1.165) is 34.6 Å². The number of halogens is 7. The number of aryl methyl sites for hydroxylation is 2. The monoisotopic (exact) mass is 1310 g/mol. The van der Waals surface area contributed by atoms with Crippen molar-refractivity contribution in [2.75, 3.05) is 63.1 Å². The molecule has 4 aromatic carbocycles. The number of ether oxygens (including phenoxy) is 6. The van der Waals surface area contributed by atoms with Crippen LogP contribution in [0.1, 0.15) is 56.4 Å². The van der Waals surface area contributed by atoms with Gasteiger partial charge in [0.25, 0.3) is 0 Å². The van der Waals surface area contributed by atoms with Crippen molar-refractivity contribution in [1.82, 2.24) is 49.8 Å². The van der Waals surface area contributed by atoms with Gasteiger partial charge in [0.15, 0.2) is 17.0 Å². The van der Waals surface area contributed by atoms with Crippen molar-refractivity contribution >= 4 is 46.5 Å². The van der Waals surface area contributed by atoms with Gasteiger partial charge in [0.1, 0.15) is 52.3 Å². The number of nitrogens with zero attached hydrogens (tertiary/aromatic N) is 12. The first kappa shape index (κ1) is 67.7. The molecule has 10 rings (SSSR count). The van der Waals surface area contributed by atoms with Crippen LogP contribution in [0.2, 0.25) is 0 Å². The Morgan fingerprint density at radius 2 is 0.766 bits per heavy atom. The number of pyridine rings is 4. The third kappa shape index (κ3) is 17.9. The maximum Gasteiger partial charge on any atom is 0.408 e. The molecule has 2 unspecified atom stereocenters. The SMILES string of the molecule is COc1ccc(CN(Cc2ccc(OC)cc2)c2nc(C)nc(-c3cc(C(Cl)C(F)(F)F)cnc3Nc3ccc(OC)nc3)n2)cc1.COc1ccc(CN(Cc2ccc(OC)cc2)c2nc(C)nc(-c3cc(C(N)C(F)(F)F)cnc3Nc3ccc(OC)nc3)n2)cc1. The molecule has 4 N–H and O–H groups in total. The Labute approximate surface area is 542 Å². The zero-order valence-corrected chi connectivity index (χ0v) is 52.8. The van der Waals surface area contributed by atoms with E-state index in [2.05, 4.69) is 50.5 Å². The molecule has 0 saturated heterocycles. The highest BCUT2D eigenvalue weighted by Gasteiger charge is 2.41. The van der Waals surface area contributed by atoms with Gasteiger partial charge in [-0.2, -0.15) is 46.3 Å². The van der Waals surface area contributed by atoms with Crippen LogP contribution in [0.5, 0.6) is 34.8 Å². The first-order valence-corrected chi connectivity index (χ1v) is 29.1. The molecule has 0 spiro atoms. The first-order valence-electron chi connectivity index (χ1n) is 28.7. The Kier molecular flexibility index (Phi) is 22.1. The van der Waals surface area contributed by atoms with Crippen molar-refractivity contribution in [3.05, 3.63) is 203 Å². The fraction of sp³-hybridized carbons (Fsp3) is 0.242. The van der Waals surface area contributed by atoms with Gasteiger partial charge in [-0.3, -0.25) is 0 Å². The molecular weight excluding hydrogens is 1250 g/mol. The summed E-state index contributed by atoms with van der Waals surface area (Å²) in [6.45, 7) is 4.98. The molecule has 0 amide bonds. The molecule has 0 aliphatic heterocycles. The maximum absolute atomic E-state index is 13.7. The quantitative estimate of drug-likeness (QED) is 0.0376. The van der Waals surface area contributed by atoms with E-state index in [9.17, 15) is 26.3 Å². The van der Waals surface area contributed by atoms with Crippen LogP contribution in [0, 0.1) is 13.8 Å². The van der Waals surface area contributed by atoms with Crippen LogP contribution in [-0.2, 0) is 26.2 Å². The third-order valence-corrected chi connectivity index (χ3v) is 14.7. The molecule has 488 valence electrons. The molecule has 0 aliphatic carbocycles. The number of aromatic nitrogens is 10. The van der Waals surface area contributed by atoms with Crippen molar-refractivity contribution in [1.29, 1.82) is 0 Å². The number of rotatable bonds is 24. The molecule has 28 heteroatoms. The largest absolute Gasteiger partial charge is 0.497 e. The van der Waals surface area contributed by atoms with E-state index in [1.807, 2.05) is 107 Å². The van der Waals surface area contributed by atoms with Crippen LogP contribution in [0.15, 0.2) is 158 Å². The molecule has 0 fully saturated rings. The van der Waals surface area contributed by atoms with Crippen LogP contribution in [0.4, 0.5) is 61.2 Å². The molecule has 0 aliphatic rings. The van der Waals surface area contributed by atoms with Crippen LogP contribution in [-0.4, -0.2) is 105 Å². The number of hydrogen-bond acceptors (Lipinski definition) is 21. The summed E-state index contributed by atoms with van der Waals surface area (Å²) in [6.07, 6.45) is -4.23. The number of methoxy groups -OCH3 is 6. The Balaban J connectivity index is 0.000000221. The number of anilines is 6. The summed E-state index contributed by atoms with van der Waals surface area (Å²) >= 11 is 5.84. The third-order valence-electron chi connectivity index (χ3n) is 14.2. The van der Waals surface area contributed by atoms with E-state index in [1.165, 1.54) is 38.7 Å². The predicted octanol–water partition coefficient (Wildman–Crippen LogP) is 13.6. The average molecular weight is 1310 g/mol. The predicted molar refractivity (Wildman–Crippen MR) is 343 cm³/mol. The van der Waals surface area contributed by atoms with E-state index in [4.69, 9.17) is 55.7 Å². The second kappa shape index (κ2) is 30.6. The molecule has 0 radical (unpaired) electrons. The summed E-state index contributed by atoms with van der Waals surface area (Å²) in [5.41, 5.74) is 10.3. The zero-order chi connectivity index (χ0) is 67.1. The molecule has 21 nitrogen and oxygen atoms in total. The second-order valence-electron chi connectivity index (χ2n) is 20.8. The molecule has 6 heterocycles. The molecule has 6 aromatic heterocycles. The van der Waals surface area contributed by atoms with Crippen LogP contribution in [0.3, 0.4) is 0 Å². The topological polar surface area (TPSA) is 241 Å². The molecule has 0 bridgehead atoms. The van der Waals surface area contributed by atoms with Gasteiger partial charge in [-0.05, 0) is 120 Å². The van der Waals surface area contributed by atoms with Gasteiger partial charge in [-0.25, -0.2) is 29.9 Å². The standard InChI is InChI=1S/C33H31ClF3N7O3.C33H33F3N8O3/c1-20-40-31(27-15-23(29(34)33(35,36)37)16-39-30(27)42-24-9-14-28(47-4)38-17-24)43-32(41-20)44(18-21-5-10-25(45-2)11-6-21)19-22-7-12-26(46-3)13-8-22;1-20-40-31(27-15-23(29(37)33(34,35)36)16-39-30(27)42-24-9-14-28(47-4)38-17-24)43-32(41-20)44(18-21-5-10-25(45-2)11-6-21)19-22-7-12-26(46-3)13-8-22/h5-17,29H,18-19H2,1-4H3,(H,39,42);5-17,29H,18-19,37H2,1-4H3,(H,39,42). The number of nitrogens with two attached hydrogens (primary N) is 1. The van der Waals surface area contributed by atoms with Crippen LogP contribution in [0.25, 0.3) is 22.8 Å². The van der Waals surface area contributed by atoms with Crippen LogP contribution >= 0.6 is 11.6 Å². The number of alkyl halides is 7. The Hall–Kier alpha value is -10.7. The summed E-state index contributed by atoms with van der Waals surface area (Å²) in [5, 5.41) is 3.92. The van der Waals surface area contributed by atoms with E-state index in [1.54, 1.807) is 66.6 Å². The lowest BCUT2D eigenvalue weighted by molar-refractivity contribution is -0.149. The van der Waals surface area contributed by atoms with Gasteiger partial charge in [0.2, 0.25) is 23.7 Å². The highest BCUT2D eigenvalue weighted by Crippen LogP contribution is 2.41. The lowest BCUT2D eigenvalue weighted by atomic mass is 10.1. The van der Waals surface area contributed by atoms with Crippen molar-refractivity contribution in [2.45, 2.75) is 63.8 Å². The minimum absolute atomic E-state index is 0.103. The summed E-state index contributed by atoms with van der Waals surface area (Å²) in [4.78, 5) is 48.7. The van der Waals surface area contributed by atoms with Crippen LogP contribution < -0.4 is 54.6 Å². The van der Waals surface area contributed by atoms with E-state index >= 15 is 0 Å². The van der Waals surface area contributed by atoms with Gasteiger partial charge in [0.05, 0.1) is 77.6 Å². The summed E-state index contributed by atoms with van der Waals surface area (Å²) in [7, 11) is 9.37. The number of benzene rings is 4. The van der Waals surface area contributed by atoms with Crippen molar-refractivity contribution in [2.24, 2.45) is 5.73 Å². The molecular formula is C66H64ClF6N15O6. The Bertz CT molecular complexity index is 3750. The van der Waals surface area contributed by atoms with Gasteiger partial charge in [0, 0.05) is 50.7 Å². The molecule has 10 aromatic rings.